The highest BCUT2D eigenvalue weighted by molar-refractivity contribution is 5.71. The second-order valence-electron chi connectivity index (χ2n) is 5.11. The van der Waals surface area contributed by atoms with E-state index in [4.69, 9.17) is 5.11 Å². The van der Waals surface area contributed by atoms with Gasteiger partial charge in [0.1, 0.15) is 0 Å². The number of hydrogen-bond donors (Lipinski definition) is 2. The minimum atomic E-state index is -0.842. The normalized spacial score (nSPS) is 10.5. The van der Waals surface area contributed by atoms with Crippen LogP contribution in [0.2, 0.25) is 0 Å². The summed E-state index contributed by atoms with van der Waals surface area (Å²) in [7, 11) is 1.89. The Hall–Kier alpha value is -3.22. The molecule has 7 nitrogen and oxygen atoms in total. The number of carboxylic acid groups (broad SMARTS) is 1. The summed E-state index contributed by atoms with van der Waals surface area (Å²) in [5.41, 5.74) is 2.55. The Bertz CT molecular complexity index is 809. The molecule has 1 aromatic carbocycles. The van der Waals surface area contributed by atoms with Crippen LogP contribution in [-0.4, -0.2) is 30.6 Å². The van der Waals surface area contributed by atoms with Crippen molar-refractivity contribution in [2.45, 2.75) is 6.42 Å². The van der Waals surface area contributed by atoms with Gasteiger partial charge in [-0.2, -0.15) is 0 Å². The third kappa shape index (κ3) is 3.70. The number of aryl methyl sites for hydroxylation is 1. The molecule has 0 fully saturated rings. The standard InChI is InChI=1S/C16H15N5O2/c1-21-9-14(19-10-21)20-16-17-7-13(8-18-16)12-4-2-11(3-5-12)6-15(22)23/h2-5,7-10H,6H2,1H3,(H,22,23)(H,17,18,20). The molecule has 0 aliphatic carbocycles. The predicted octanol–water partition coefficient (Wildman–Crippen LogP) is 2.25. The van der Waals surface area contributed by atoms with Crippen LogP contribution in [0.4, 0.5) is 11.8 Å². The molecule has 2 heterocycles. The van der Waals surface area contributed by atoms with Gasteiger partial charge >= 0.3 is 5.97 Å². The zero-order valence-corrected chi connectivity index (χ0v) is 12.5. The van der Waals surface area contributed by atoms with Crippen LogP contribution in [0.1, 0.15) is 5.56 Å². The fourth-order valence-electron chi connectivity index (χ4n) is 2.12. The van der Waals surface area contributed by atoms with E-state index in [2.05, 4.69) is 20.3 Å². The summed E-state index contributed by atoms with van der Waals surface area (Å²) >= 11 is 0. The minimum absolute atomic E-state index is 0.0176. The van der Waals surface area contributed by atoms with E-state index in [-0.39, 0.29) is 6.42 Å². The van der Waals surface area contributed by atoms with Gasteiger partial charge in [-0.3, -0.25) is 4.79 Å². The molecule has 0 radical (unpaired) electrons. The Labute approximate surface area is 132 Å². The number of carbonyl (C=O) groups is 1. The van der Waals surface area contributed by atoms with E-state index in [1.165, 1.54) is 0 Å². The number of imidazole rings is 1. The average Bonchev–Trinajstić information content (AvgIpc) is 2.93. The van der Waals surface area contributed by atoms with Gasteiger partial charge in [-0.15, -0.1) is 0 Å². The maximum absolute atomic E-state index is 10.7. The molecule has 0 bridgehead atoms. The topological polar surface area (TPSA) is 92.9 Å². The van der Waals surface area contributed by atoms with Crippen LogP contribution in [0, 0.1) is 0 Å². The van der Waals surface area contributed by atoms with Gasteiger partial charge in [0.15, 0.2) is 5.82 Å². The van der Waals surface area contributed by atoms with Gasteiger partial charge in [0.05, 0.1) is 12.7 Å². The molecule has 23 heavy (non-hydrogen) atoms. The molecule has 0 aliphatic heterocycles. The number of anilines is 2. The summed E-state index contributed by atoms with van der Waals surface area (Å²) in [6.07, 6.45) is 6.96. The summed E-state index contributed by atoms with van der Waals surface area (Å²) in [4.78, 5) is 23.4. The molecule has 7 heteroatoms. The second kappa shape index (κ2) is 6.27. The number of aliphatic carboxylic acids is 1. The van der Waals surface area contributed by atoms with Crippen molar-refractivity contribution >= 4 is 17.7 Å². The van der Waals surface area contributed by atoms with Crippen LogP contribution in [0.5, 0.6) is 0 Å². The highest BCUT2D eigenvalue weighted by Crippen LogP contribution is 2.19. The van der Waals surface area contributed by atoms with Crippen molar-refractivity contribution in [3.63, 3.8) is 0 Å². The van der Waals surface area contributed by atoms with E-state index < -0.39 is 5.97 Å². The Morgan fingerprint density at radius 3 is 2.39 bits per heavy atom. The molecule has 0 saturated heterocycles. The minimum Gasteiger partial charge on any atom is -0.481 e. The molecule has 0 aliphatic rings. The Kier molecular flexibility index (Phi) is 4.01. The van der Waals surface area contributed by atoms with Crippen molar-refractivity contribution in [3.8, 4) is 11.1 Å². The molecule has 3 rings (SSSR count). The van der Waals surface area contributed by atoms with Gasteiger partial charge in [-0.1, -0.05) is 24.3 Å². The monoisotopic (exact) mass is 309 g/mol. The number of nitrogens with zero attached hydrogens (tertiary/aromatic N) is 4. The summed E-state index contributed by atoms with van der Waals surface area (Å²) in [6, 6.07) is 7.32. The number of hydrogen-bond acceptors (Lipinski definition) is 5. The molecule has 2 N–H and O–H groups in total. The lowest BCUT2D eigenvalue weighted by atomic mass is 10.1. The first-order chi connectivity index (χ1) is 11.1. The molecule has 0 atom stereocenters. The van der Waals surface area contributed by atoms with Crippen LogP contribution in [-0.2, 0) is 18.3 Å². The maximum atomic E-state index is 10.7. The van der Waals surface area contributed by atoms with E-state index in [9.17, 15) is 4.79 Å². The van der Waals surface area contributed by atoms with Crippen molar-refractivity contribution in [2.24, 2.45) is 7.05 Å². The Balaban J connectivity index is 1.72. The Morgan fingerprint density at radius 1 is 1.13 bits per heavy atom. The SMILES string of the molecule is Cn1cnc(Nc2ncc(-c3ccc(CC(=O)O)cc3)cn2)c1. The highest BCUT2D eigenvalue weighted by atomic mass is 16.4. The fraction of sp³-hybridized carbons (Fsp3) is 0.125. The quantitative estimate of drug-likeness (QED) is 0.751. The molecular weight excluding hydrogens is 294 g/mol. The van der Waals surface area contributed by atoms with Gasteiger partial charge in [0.2, 0.25) is 5.95 Å². The summed E-state index contributed by atoms with van der Waals surface area (Å²) < 4.78 is 1.83. The van der Waals surface area contributed by atoms with Gasteiger partial charge in [0.25, 0.3) is 0 Å². The van der Waals surface area contributed by atoms with Crippen LogP contribution in [0.25, 0.3) is 11.1 Å². The maximum Gasteiger partial charge on any atom is 0.307 e. The van der Waals surface area contributed by atoms with Crippen molar-refractivity contribution in [1.82, 2.24) is 19.5 Å². The smallest absolute Gasteiger partial charge is 0.307 e. The molecular formula is C16H15N5O2. The Morgan fingerprint density at radius 2 is 1.83 bits per heavy atom. The van der Waals surface area contributed by atoms with E-state index in [0.29, 0.717) is 11.8 Å². The summed E-state index contributed by atoms with van der Waals surface area (Å²) in [5, 5.41) is 11.8. The fourth-order valence-corrected chi connectivity index (χ4v) is 2.12. The summed E-state index contributed by atoms with van der Waals surface area (Å²) in [6.45, 7) is 0. The highest BCUT2D eigenvalue weighted by Gasteiger charge is 2.04. The van der Waals surface area contributed by atoms with E-state index in [1.807, 2.05) is 29.9 Å². The largest absolute Gasteiger partial charge is 0.481 e. The first-order valence-corrected chi connectivity index (χ1v) is 6.98. The van der Waals surface area contributed by atoms with Crippen LogP contribution >= 0.6 is 0 Å². The van der Waals surface area contributed by atoms with Gasteiger partial charge in [-0.05, 0) is 11.1 Å². The van der Waals surface area contributed by atoms with Crippen molar-refractivity contribution < 1.29 is 9.90 Å². The number of rotatable bonds is 5. The molecule has 0 spiro atoms. The molecule has 2 aromatic heterocycles. The van der Waals surface area contributed by atoms with Crippen LogP contribution in [0.3, 0.4) is 0 Å². The van der Waals surface area contributed by atoms with E-state index in [1.54, 1.807) is 30.9 Å². The zero-order valence-electron chi connectivity index (χ0n) is 12.5. The van der Waals surface area contributed by atoms with E-state index >= 15 is 0 Å². The van der Waals surface area contributed by atoms with E-state index in [0.717, 1.165) is 16.7 Å². The van der Waals surface area contributed by atoms with Gasteiger partial charge in [0, 0.05) is 31.2 Å². The van der Waals surface area contributed by atoms with Gasteiger partial charge in [-0.25, -0.2) is 15.0 Å². The number of carboxylic acids is 1. The number of aromatic nitrogens is 4. The lowest BCUT2D eigenvalue weighted by Crippen LogP contribution is -1.99. The molecule has 116 valence electrons. The first-order valence-electron chi connectivity index (χ1n) is 6.98. The number of benzene rings is 1. The third-order valence-corrected chi connectivity index (χ3v) is 3.24. The molecule has 0 amide bonds. The molecule has 0 saturated carbocycles. The van der Waals surface area contributed by atoms with Crippen molar-refractivity contribution in [1.29, 1.82) is 0 Å². The lowest BCUT2D eigenvalue weighted by molar-refractivity contribution is -0.136. The zero-order chi connectivity index (χ0) is 16.2. The van der Waals surface area contributed by atoms with Crippen LogP contribution < -0.4 is 5.32 Å². The van der Waals surface area contributed by atoms with Gasteiger partial charge < -0.3 is 15.0 Å². The second-order valence-corrected chi connectivity index (χ2v) is 5.11. The lowest BCUT2D eigenvalue weighted by Gasteiger charge is -2.04. The molecule has 3 aromatic rings. The molecule has 0 unspecified atom stereocenters. The first kappa shape index (κ1) is 14.7. The number of nitrogens with one attached hydrogen (secondary N) is 1. The van der Waals surface area contributed by atoms with Crippen molar-refractivity contribution in [2.75, 3.05) is 5.32 Å². The van der Waals surface area contributed by atoms with Crippen molar-refractivity contribution in [3.05, 3.63) is 54.7 Å². The average molecular weight is 309 g/mol. The predicted molar refractivity (Wildman–Crippen MR) is 85.3 cm³/mol. The summed E-state index contributed by atoms with van der Waals surface area (Å²) in [5.74, 6) is 0.305. The van der Waals surface area contributed by atoms with Crippen LogP contribution in [0.15, 0.2) is 49.2 Å². The third-order valence-electron chi connectivity index (χ3n) is 3.24.